The second-order valence-electron chi connectivity index (χ2n) is 2.45. The van der Waals surface area contributed by atoms with Crippen molar-refractivity contribution in [3.8, 4) is 0 Å². The number of rotatable bonds is 3. The Morgan fingerprint density at radius 2 is 2.33 bits per heavy atom. The van der Waals surface area contributed by atoms with E-state index in [4.69, 9.17) is 5.73 Å². The van der Waals surface area contributed by atoms with Crippen molar-refractivity contribution in [2.45, 2.75) is 6.04 Å². The number of carbonyl (C=O) groups is 2. The molecule has 0 aliphatic carbocycles. The van der Waals surface area contributed by atoms with E-state index in [9.17, 15) is 9.59 Å². The minimum atomic E-state index is -0.440. The van der Waals surface area contributed by atoms with Crippen LogP contribution >= 0.6 is 0 Å². The monoisotopic (exact) mass is 170 g/mol. The second kappa shape index (κ2) is 3.25. The molecule has 0 spiro atoms. The lowest BCUT2D eigenvalue weighted by molar-refractivity contribution is -0.134. The van der Waals surface area contributed by atoms with Crippen molar-refractivity contribution in [3.63, 3.8) is 0 Å². The predicted octanol–water partition coefficient (Wildman–Crippen LogP) is -1.16. The lowest BCUT2D eigenvalue weighted by Gasteiger charge is -1.93. The van der Waals surface area contributed by atoms with Gasteiger partial charge in [-0.15, -0.1) is 0 Å². The minimum absolute atomic E-state index is 0.245. The van der Waals surface area contributed by atoms with Gasteiger partial charge in [0.05, 0.1) is 7.11 Å². The van der Waals surface area contributed by atoms with Gasteiger partial charge in [0, 0.05) is 18.8 Å². The van der Waals surface area contributed by atoms with Crippen molar-refractivity contribution in [2.24, 2.45) is 5.73 Å². The number of hydrogen-bond acceptors (Lipinski definition) is 4. The number of ether oxygens (including phenoxy) is 1. The highest BCUT2D eigenvalue weighted by Gasteiger charge is 2.36. The van der Waals surface area contributed by atoms with Crippen LogP contribution in [0.4, 0.5) is 0 Å². The van der Waals surface area contributed by atoms with E-state index >= 15 is 0 Å². The Kier molecular flexibility index (Phi) is 2.32. The van der Waals surface area contributed by atoms with Crippen LogP contribution in [0.25, 0.3) is 0 Å². The molecule has 12 heavy (non-hydrogen) atoms. The van der Waals surface area contributed by atoms with Crippen LogP contribution in [-0.2, 0) is 14.3 Å². The molecule has 0 aromatic carbocycles. The lowest BCUT2D eigenvalue weighted by atomic mass is 10.5. The molecule has 1 heterocycles. The number of nitrogens with two attached hydrogens (primary N) is 1. The van der Waals surface area contributed by atoms with E-state index in [1.54, 1.807) is 4.90 Å². The fraction of sp³-hybridized carbons (Fsp3) is 0.429. The SMILES string of the molecule is COC(=O)/C=C/N1CC1C(N)=O. The first-order valence-electron chi connectivity index (χ1n) is 3.46. The first-order chi connectivity index (χ1) is 5.65. The predicted molar refractivity (Wildman–Crippen MR) is 40.8 cm³/mol. The molecule has 1 atom stereocenters. The summed E-state index contributed by atoms with van der Waals surface area (Å²) in [5, 5.41) is 0. The molecule has 0 saturated carbocycles. The fourth-order valence-electron chi connectivity index (χ4n) is 0.795. The Hall–Kier alpha value is -1.52. The Morgan fingerprint density at radius 3 is 2.75 bits per heavy atom. The molecule has 1 saturated heterocycles. The summed E-state index contributed by atoms with van der Waals surface area (Å²) in [5.41, 5.74) is 5.00. The van der Waals surface area contributed by atoms with E-state index in [0.29, 0.717) is 6.54 Å². The van der Waals surface area contributed by atoms with Gasteiger partial charge in [-0.3, -0.25) is 4.79 Å². The summed E-state index contributed by atoms with van der Waals surface area (Å²) in [5.74, 6) is -0.811. The topological polar surface area (TPSA) is 72.4 Å². The third kappa shape index (κ3) is 1.98. The van der Waals surface area contributed by atoms with Gasteiger partial charge in [0.25, 0.3) is 0 Å². The van der Waals surface area contributed by atoms with Crippen LogP contribution in [0, 0.1) is 0 Å². The van der Waals surface area contributed by atoms with Gasteiger partial charge in [0.15, 0.2) is 0 Å². The van der Waals surface area contributed by atoms with Gasteiger partial charge in [0.1, 0.15) is 6.04 Å². The van der Waals surface area contributed by atoms with E-state index in [0.717, 1.165) is 0 Å². The zero-order chi connectivity index (χ0) is 9.14. The van der Waals surface area contributed by atoms with E-state index in [-0.39, 0.29) is 11.9 Å². The first kappa shape index (κ1) is 8.58. The summed E-state index contributed by atoms with van der Waals surface area (Å²) < 4.78 is 4.36. The summed E-state index contributed by atoms with van der Waals surface area (Å²) >= 11 is 0. The molecular formula is C7H10N2O3. The van der Waals surface area contributed by atoms with Crippen LogP contribution in [0.5, 0.6) is 0 Å². The number of amides is 1. The third-order valence-electron chi connectivity index (χ3n) is 1.58. The molecule has 1 amide bonds. The van der Waals surface area contributed by atoms with Crippen LogP contribution in [-0.4, -0.2) is 36.5 Å². The maximum atomic E-state index is 10.6. The van der Waals surface area contributed by atoms with Crippen molar-refractivity contribution in [1.29, 1.82) is 0 Å². The van der Waals surface area contributed by atoms with Gasteiger partial charge in [0.2, 0.25) is 5.91 Å². The van der Waals surface area contributed by atoms with E-state index in [2.05, 4.69) is 4.74 Å². The minimum Gasteiger partial charge on any atom is -0.466 e. The normalized spacial score (nSPS) is 21.1. The van der Waals surface area contributed by atoms with Gasteiger partial charge in [-0.1, -0.05) is 0 Å². The summed E-state index contributed by atoms with van der Waals surface area (Å²) in [6.45, 7) is 0.586. The Labute approximate surface area is 69.8 Å². The number of methoxy groups -OCH3 is 1. The van der Waals surface area contributed by atoms with E-state index in [1.165, 1.54) is 19.4 Å². The van der Waals surface area contributed by atoms with Crippen LogP contribution < -0.4 is 5.73 Å². The van der Waals surface area contributed by atoms with Crippen molar-refractivity contribution in [2.75, 3.05) is 13.7 Å². The van der Waals surface area contributed by atoms with Crippen LogP contribution in [0.1, 0.15) is 0 Å². The summed E-state index contributed by atoms with van der Waals surface area (Å²) in [6.07, 6.45) is 2.75. The lowest BCUT2D eigenvalue weighted by Crippen LogP contribution is -2.20. The molecule has 1 aliphatic heterocycles. The molecule has 1 rings (SSSR count). The molecule has 5 heteroatoms. The van der Waals surface area contributed by atoms with Crippen LogP contribution in [0.3, 0.4) is 0 Å². The first-order valence-corrected chi connectivity index (χ1v) is 3.46. The average molecular weight is 170 g/mol. The summed E-state index contributed by atoms with van der Waals surface area (Å²) in [6, 6.07) is -0.245. The molecule has 0 radical (unpaired) electrons. The Balaban J connectivity index is 2.31. The van der Waals surface area contributed by atoms with Gasteiger partial charge in [-0.25, -0.2) is 4.79 Å². The molecule has 1 aliphatic rings. The van der Waals surface area contributed by atoms with Crippen molar-refractivity contribution < 1.29 is 14.3 Å². The number of esters is 1. The van der Waals surface area contributed by atoms with Gasteiger partial charge in [-0.2, -0.15) is 0 Å². The molecule has 1 unspecified atom stereocenters. The highest BCUT2D eigenvalue weighted by Crippen LogP contribution is 2.16. The zero-order valence-corrected chi connectivity index (χ0v) is 6.69. The van der Waals surface area contributed by atoms with Crippen molar-refractivity contribution in [3.05, 3.63) is 12.3 Å². The molecule has 0 aromatic rings. The Bertz CT molecular complexity index is 237. The van der Waals surface area contributed by atoms with Crippen LogP contribution in [0.15, 0.2) is 12.3 Å². The average Bonchev–Trinajstić information content (AvgIpc) is 2.79. The molecule has 66 valence electrons. The summed E-state index contributed by atoms with van der Waals surface area (Å²) in [4.78, 5) is 22.7. The molecule has 5 nitrogen and oxygen atoms in total. The number of carbonyl (C=O) groups excluding carboxylic acids is 2. The van der Waals surface area contributed by atoms with E-state index < -0.39 is 5.97 Å². The maximum Gasteiger partial charge on any atom is 0.331 e. The van der Waals surface area contributed by atoms with Crippen molar-refractivity contribution in [1.82, 2.24) is 4.90 Å². The highest BCUT2D eigenvalue weighted by atomic mass is 16.5. The molecule has 0 bridgehead atoms. The quantitative estimate of drug-likeness (QED) is 0.329. The molecule has 1 fully saturated rings. The number of hydrogen-bond donors (Lipinski definition) is 1. The summed E-state index contributed by atoms with van der Waals surface area (Å²) in [7, 11) is 1.29. The van der Waals surface area contributed by atoms with E-state index in [1.807, 2.05) is 0 Å². The van der Waals surface area contributed by atoms with Gasteiger partial charge >= 0.3 is 5.97 Å². The number of primary amides is 1. The third-order valence-corrected chi connectivity index (χ3v) is 1.58. The number of nitrogens with zero attached hydrogens (tertiary/aromatic N) is 1. The zero-order valence-electron chi connectivity index (χ0n) is 6.69. The maximum absolute atomic E-state index is 10.6. The van der Waals surface area contributed by atoms with Crippen LogP contribution in [0.2, 0.25) is 0 Å². The highest BCUT2D eigenvalue weighted by molar-refractivity contribution is 5.84. The Morgan fingerprint density at radius 1 is 1.67 bits per heavy atom. The smallest absolute Gasteiger partial charge is 0.331 e. The van der Waals surface area contributed by atoms with Gasteiger partial charge in [-0.05, 0) is 0 Å². The van der Waals surface area contributed by atoms with Crippen molar-refractivity contribution >= 4 is 11.9 Å². The second-order valence-corrected chi connectivity index (χ2v) is 2.45. The standard InChI is InChI=1S/C7H10N2O3/c1-12-6(10)2-3-9-4-5(9)7(8)11/h2-3,5H,4H2,1H3,(H2,8,11)/b3-2+. The molecular weight excluding hydrogens is 160 g/mol. The largest absolute Gasteiger partial charge is 0.466 e. The molecule has 0 aromatic heterocycles. The molecule has 2 N–H and O–H groups in total. The fourth-order valence-corrected chi connectivity index (χ4v) is 0.795. The van der Waals surface area contributed by atoms with Gasteiger partial charge < -0.3 is 15.4 Å².